The average Bonchev–Trinajstić information content (AvgIpc) is 2.33. The predicted octanol–water partition coefficient (Wildman–Crippen LogP) is 1.96. The van der Waals surface area contributed by atoms with Crippen LogP contribution < -0.4 is 10.6 Å². The molecule has 0 saturated heterocycles. The van der Waals surface area contributed by atoms with Gasteiger partial charge in [0.25, 0.3) is 0 Å². The number of hydrogen-bond donors (Lipinski definition) is 2. The highest BCUT2D eigenvalue weighted by atomic mass is 19.4. The van der Waals surface area contributed by atoms with E-state index in [-0.39, 0.29) is 6.54 Å². The number of hydrogen-bond acceptors (Lipinski definition) is 3. The van der Waals surface area contributed by atoms with Gasteiger partial charge in [-0.2, -0.15) is 18.4 Å². The van der Waals surface area contributed by atoms with E-state index in [1.165, 1.54) is 0 Å². The summed E-state index contributed by atoms with van der Waals surface area (Å²) < 4.78 is 35.6. The van der Waals surface area contributed by atoms with Crippen LogP contribution in [0.4, 0.5) is 18.9 Å². The zero-order valence-electron chi connectivity index (χ0n) is 10.1. The number of carbonyl (C=O) groups is 1. The van der Waals surface area contributed by atoms with Crippen molar-refractivity contribution in [3.8, 4) is 6.07 Å². The van der Waals surface area contributed by atoms with Gasteiger partial charge in [0.1, 0.15) is 12.6 Å². The van der Waals surface area contributed by atoms with Crippen molar-refractivity contribution in [2.45, 2.75) is 13.1 Å². The van der Waals surface area contributed by atoms with Crippen LogP contribution in [0.3, 0.4) is 0 Å². The molecular formula is C12H12F3N3O. The molecule has 0 aliphatic heterocycles. The molecule has 0 fully saturated rings. The maximum Gasteiger partial charge on any atom is 0.405 e. The van der Waals surface area contributed by atoms with E-state index >= 15 is 0 Å². The third kappa shape index (κ3) is 4.87. The first-order valence-electron chi connectivity index (χ1n) is 5.40. The Morgan fingerprint density at radius 3 is 2.68 bits per heavy atom. The van der Waals surface area contributed by atoms with Crippen molar-refractivity contribution in [2.75, 3.05) is 18.4 Å². The highest BCUT2D eigenvalue weighted by Gasteiger charge is 2.27. The summed E-state index contributed by atoms with van der Waals surface area (Å²) in [5, 5.41) is 13.3. The maximum absolute atomic E-state index is 11.9. The standard InChI is InChI=1S/C12H12F3N3O/c1-8-3-2-4-10(9(8)5-16)17-6-11(19)18-7-12(13,14)15/h2-4,17H,6-7H2,1H3,(H,18,19). The van der Waals surface area contributed by atoms with Crippen molar-refractivity contribution in [2.24, 2.45) is 0 Å². The minimum atomic E-state index is -4.43. The van der Waals surface area contributed by atoms with Crippen LogP contribution in [0.15, 0.2) is 18.2 Å². The summed E-state index contributed by atoms with van der Waals surface area (Å²) in [6.45, 7) is 0.0358. The lowest BCUT2D eigenvalue weighted by molar-refractivity contribution is -0.137. The molecule has 0 unspecified atom stereocenters. The molecule has 1 rings (SSSR count). The first-order chi connectivity index (χ1) is 8.83. The third-order valence-electron chi connectivity index (χ3n) is 2.31. The van der Waals surface area contributed by atoms with Gasteiger partial charge in [0, 0.05) is 0 Å². The average molecular weight is 271 g/mol. The Kier molecular flexibility index (Phi) is 4.75. The molecule has 0 radical (unpaired) electrons. The number of aryl methyl sites for hydroxylation is 1. The molecule has 0 aliphatic carbocycles. The van der Waals surface area contributed by atoms with E-state index in [0.29, 0.717) is 11.3 Å². The minimum absolute atomic E-state index is 0.325. The third-order valence-corrected chi connectivity index (χ3v) is 2.31. The normalized spacial score (nSPS) is 10.7. The van der Waals surface area contributed by atoms with Gasteiger partial charge in [-0.25, -0.2) is 0 Å². The molecule has 102 valence electrons. The molecule has 19 heavy (non-hydrogen) atoms. The summed E-state index contributed by atoms with van der Waals surface area (Å²) in [6.07, 6.45) is -4.43. The van der Waals surface area contributed by atoms with Crippen molar-refractivity contribution in [1.29, 1.82) is 5.26 Å². The van der Waals surface area contributed by atoms with E-state index in [1.807, 2.05) is 6.07 Å². The van der Waals surface area contributed by atoms with Gasteiger partial charge >= 0.3 is 6.18 Å². The number of nitrogens with one attached hydrogen (secondary N) is 2. The predicted molar refractivity (Wildman–Crippen MR) is 63.4 cm³/mol. The molecular weight excluding hydrogens is 259 g/mol. The van der Waals surface area contributed by atoms with Crippen LogP contribution in [0.5, 0.6) is 0 Å². The number of carbonyl (C=O) groups excluding carboxylic acids is 1. The Morgan fingerprint density at radius 2 is 2.11 bits per heavy atom. The minimum Gasteiger partial charge on any atom is -0.375 e. The van der Waals surface area contributed by atoms with Crippen LogP contribution in [0.25, 0.3) is 0 Å². The van der Waals surface area contributed by atoms with Crippen LogP contribution in [0, 0.1) is 18.3 Å². The van der Waals surface area contributed by atoms with E-state index in [2.05, 4.69) is 5.32 Å². The molecule has 7 heteroatoms. The molecule has 1 amide bonds. The van der Waals surface area contributed by atoms with Crippen molar-refractivity contribution in [1.82, 2.24) is 5.32 Å². The molecule has 0 bridgehead atoms. The Morgan fingerprint density at radius 1 is 1.42 bits per heavy atom. The van der Waals surface area contributed by atoms with Gasteiger partial charge in [0.05, 0.1) is 17.8 Å². The van der Waals surface area contributed by atoms with Crippen molar-refractivity contribution in [3.63, 3.8) is 0 Å². The second-order valence-corrected chi connectivity index (χ2v) is 3.85. The van der Waals surface area contributed by atoms with Gasteiger partial charge in [-0.3, -0.25) is 4.79 Å². The van der Waals surface area contributed by atoms with Gasteiger partial charge in [-0.15, -0.1) is 0 Å². The Balaban J connectivity index is 2.56. The Labute approximate surface area is 108 Å². The Hall–Kier alpha value is -2.23. The fourth-order valence-corrected chi connectivity index (χ4v) is 1.40. The monoisotopic (exact) mass is 271 g/mol. The van der Waals surface area contributed by atoms with E-state index in [1.54, 1.807) is 30.4 Å². The SMILES string of the molecule is Cc1cccc(NCC(=O)NCC(F)(F)F)c1C#N. The fraction of sp³-hybridized carbons (Fsp3) is 0.333. The molecule has 2 N–H and O–H groups in total. The van der Waals surface area contributed by atoms with E-state index in [0.717, 1.165) is 5.56 Å². The lowest BCUT2D eigenvalue weighted by atomic mass is 10.1. The Bertz CT molecular complexity index is 506. The lowest BCUT2D eigenvalue weighted by Gasteiger charge is -2.11. The van der Waals surface area contributed by atoms with Crippen molar-refractivity contribution < 1.29 is 18.0 Å². The number of nitriles is 1. The first kappa shape index (κ1) is 14.8. The fourth-order valence-electron chi connectivity index (χ4n) is 1.40. The summed E-state index contributed by atoms with van der Waals surface area (Å²) >= 11 is 0. The van der Waals surface area contributed by atoms with E-state index in [4.69, 9.17) is 5.26 Å². The first-order valence-corrected chi connectivity index (χ1v) is 5.40. The van der Waals surface area contributed by atoms with Gasteiger partial charge in [0.15, 0.2) is 0 Å². The second-order valence-electron chi connectivity index (χ2n) is 3.85. The summed E-state index contributed by atoms with van der Waals surface area (Å²) in [7, 11) is 0. The topological polar surface area (TPSA) is 64.9 Å². The summed E-state index contributed by atoms with van der Waals surface area (Å²) in [5.74, 6) is -0.789. The van der Waals surface area contributed by atoms with Crippen molar-refractivity contribution >= 4 is 11.6 Å². The number of nitrogens with zero attached hydrogens (tertiary/aromatic N) is 1. The molecule has 0 aliphatic rings. The van der Waals surface area contributed by atoms with Crippen LogP contribution >= 0.6 is 0 Å². The number of anilines is 1. The highest BCUT2D eigenvalue weighted by molar-refractivity contribution is 5.81. The van der Waals surface area contributed by atoms with E-state index < -0.39 is 18.6 Å². The maximum atomic E-state index is 11.9. The summed E-state index contributed by atoms with van der Waals surface area (Å²) in [6, 6.07) is 6.97. The number of benzene rings is 1. The quantitative estimate of drug-likeness (QED) is 0.879. The molecule has 1 aromatic carbocycles. The van der Waals surface area contributed by atoms with E-state index in [9.17, 15) is 18.0 Å². The number of alkyl halides is 3. The van der Waals surface area contributed by atoms with Crippen LogP contribution in [0.2, 0.25) is 0 Å². The van der Waals surface area contributed by atoms with Crippen LogP contribution in [-0.2, 0) is 4.79 Å². The zero-order valence-corrected chi connectivity index (χ0v) is 10.1. The number of amides is 1. The molecule has 0 heterocycles. The van der Waals surface area contributed by atoms with Crippen LogP contribution in [0.1, 0.15) is 11.1 Å². The molecule has 0 atom stereocenters. The number of halogens is 3. The highest BCUT2D eigenvalue weighted by Crippen LogP contribution is 2.17. The molecule has 0 saturated carbocycles. The summed E-state index contributed by atoms with van der Waals surface area (Å²) in [4.78, 5) is 11.2. The smallest absolute Gasteiger partial charge is 0.375 e. The largest absolute Gasteiger partial charge is 0.405 e. The van der Waals surface area contributed by atoms with Crippen molar-refractivity contribution in [3.05, 3.63) is 29.3 Å². The van der Waals surface area contributed by atoms with Gasteiger partial charge in [-0.1, -0.05) is 12.1 Å². The van der Waals surface area contributed by atoms with Gasteiger partial charge in [-0.05, 0) is 18.6 Å². The van der Waals surface area contributed by atoms with Gasteiger partial charge in [0.2, 0.25) is 5.91 Å². The molecule has 0 spiro atoms. The van der Waals surface area contributed by atoms with Crippen LogP contribution in [-0.4, -0.2) is 25.2 Å². The molecule has 4 nitrogen and oxygen atoms in total. The molecule has 1 aromatic rings. The molecule has 0 aromatic heterocycles. The second kappa shape index (κ2) is 6.09. The lowest BCUT2D eigenvalue weighted by Crippen LogP contribution is -2.37. The summed E-state index contributed by atoms with van der Waals surface area (Å²) in [5.41, 5.74) is 1.51. The number of rotatable bonds is 4. The van der Waals surface area contributed by atoms with Gasteiger partial charge < -0.3 is 10.6 Å². The zero-order chi connectivity index (χ0) is 14.5.